The Hall–Kier alpha value is -0.690. The Morgan fingerprint density at radius 1 is 1.38 bits per heavy atom. The summed E-state index contributed by atoms with van der Waals surface area (Å²) in [6.07, 6.45) is 0. The molecule has 6 heteroatoms. The Morgan fingerprint density at radius 2 is 2.19 bits per heavy atom. The number of hydrogen-bond donors (Lipinski definition) is 1. The maximum atomic E-state index is 5.40. The van der Waals surface area contributed by atoms with E-state index in [2.05, 4.69) is 63.6 Å². The van der Waals surface area contributed by atoms with Gasteiger partial charge in [-0.2, -0.15) is 0 Å². The lowest BCUT2D eigenvalue weighted by Crippen LogP contribution is -2.19. The number of aromatic nitrogens is 1. The molecule has 0 bridgehead atoms. The summed E-state index contributed by atoms with van der Waals surface area (Å²) in [4.78, 5) is 3.56. The van der Waals surface area contributed by atoms with Crippen molar-refractivity contribution in [2.75, 3.05) is 13.6 Å². The molecule has 0 aromatic carbocycles. The smallest absolute Gasteiger partial charge is 0.151 e. The van der Waals surface area contributed by atoms with Crippen LogP contribution in [0.1, 0.15) is 30.2 Å². The molecule has 116 valence electrons. The molecule has 0 spiro atoms. The van der Waals surface area contributed by atoms with Gasteiger partial charge in [-0.15, -0.1) is 11.3 Å². The second kappa shape index (κ2) is 8.08. The van der Waals surface area contributed by atoms with Gasteiger partial charge in [0.15, 0.2) is 5.76 Å². The maximum Gasteiger partial charge on any atom is 0.151 e. The fourth-order valence-electron chi connectivity index (χ4n) is 2.03. The van der Waals surface area contributed by atoms with Crippen molar-refractivity contribution in [2.24, 2.45) is 5.92 Å². The van der Waals surface area contributed by atoms with Crippen molar-refractivity contribution in [3.63, 3.8) is 0 Å². The third-order valence-electron chi connectivity index (χ3n) is 2.94. The van der Waals surface area contributed by atoms with Gasteiger partial charge in [-0.05, 0) is 41.5 Å². The van der Waals surface area contributed by atoms with Gasteiger partial charge in [0.05, 0.1) is 12.2 Å². The molecule has 2 aromatic heterocycles. The first-order valence-electron chi connectivity index (χ1n) is 7.09. The Bertz CT molecular complexity index is 553. The molecule has 2 aromatic rings. The molecule has 2 heterocycles. The molecule has 0 aliphatic rings. The first-order valence-corrected chi connectivity index (χ1v) is 8.77. The van der Waals surface area contributed by atoms with Crippen LogP contribution in [0.5, 0.6) is 0 Å². The van der Waals surface area contributed by atoms with Gasteiger partial charge in [0.2, 0.25) is 0 Å². The van der Waals surface area contributed by atoms with Crippen LogP contribution in [-0.4, -0.2) is 23.6 Å². The summed E-state index contributed by atoms with van der Waals surface area (Å²) < 4.78 is 6.55. The van der Waals surface area contributed by atoms with Crippen molar-refractivity contribution in [3.05, 3.63) is 38.3 Å². The third-order valence-corrected chi connectivity index (χ3v) is 4.62. The van der Waals surface area contributed by atoms with E-state index in [1.165, 1.54) is 4.88 Å². The molecule has 21 heavy (non-hydrogen) atoms. The first-order chi connectivity index (χ1) is 10.0. The summed E-state index contributed by atoms with van der Waals surface area (Å²) in [7, 11) is 2.09. The predicted molar refractivity (Wildman–Crippen MR) is 90.2 cm³/mol. The lowest BCUT2D eigenvalue weighted by molar-refractivity contribution is 0.267. The highest BCUT2D eigenvalue weighted by Crippen LogP contribution is 2.21. The van der Waals surface area contributed by atoms with Crippen LogP contribution >= 0.6 is 27.3 Å². The number of halogens is 1. The molecule has 4 nitrogen and oxygen atoms in total. The normalized spacial score (nSPS) is 11.7. The summed E-state index contributed by atoms with van der Waals surface area (Å²) in [5.41, 5.74) is 0.970. The van der Waals surface area contributed by atoms with Gasteiger partial charge in [0.1, 0.15) is 0 Å². The van der Waals surface area contributed by atoms with E-state index >= 15 is 0 Å². The van der Waals surface area contributed by atoms with Crippen LogP contribution in [0.2, 0.25) is 0 Å². The highest BCUT2D eigenvalue weighted by atomic mass is 79.9. The van der Waals surface area contributed by atoms with Crippen LogP contribution in [0.4, 0.5) is 0 Å². The minimum atomic E-state index is 0.646. The molecular formula is C15H22BrN3OS. The summed E-state index contributed by atoms with van der Waals surface area (Å²) >= 11 is 5.25. The molecule has 0 unspecified atom stereocenters. The Balaban J connectivity index is 1.78. The van der Waals surface area contributed by atoms with E-state index in [-0.39, 0.29) is 0 Å². The monoisotopic (exact) mass is 371 g/mol. The van der Waals surface area contributed by atoms with Crippen LogP contribution in [-0.2, 0) is 19.6 Å². The van der Waals surface area contributed by atoms with Crippen LogP contribution in [0.15, 0.2) is 26.5 Å². The molecule has 0 amide bonds. The van der Waals surface area contributed by atoms with Crippen molar-refractivity contribution in [1.82, 2.24) is 15.4 Å². The Kier molecular flexibility index (Phi) is 6.41. The quantitative estimate of drug-likeness (QED) is 0.764. The average molecular weight is 372 g/mol. The lowest BCUT2D eigenvalue weighted by atomic mass is 10.2. The summed E-state index contributed by atoms with van der Waals surface area (Å²) in [6.45, 7) is 7.83. The fraction of sp³-hybridized carbons (Fsp3) is 0.533. The number of thiophene rings is 1. The van der Waals surface area contributed by atoms with E-state index in [4.69, 9.17) is 4.52 Å². The summed E-state index contributed by atoms with van der Waals surface area (Å²) in [5.74, 6) is 1.56. The molecule has 0 aliphatic carbocycles. The molecule has 2 rings (SSSR count). The zero-order valence-corrected chi connectivity index (χ0v) is 15.1. The number of rotatable bonds is 8. The molecule has 1 N–H and O–H groups in total. The van der Waals surface area contributed by atoms with Crippen LogP contribution < -0.4 is 5.32 Å². The highest BCUT2D eigenvalue weighted by Gasteiger charge is 2.09. The summed E-state index contributed by atoms with van der Waals surface area (Å²) in [6, 6.07) is 4.19. The minimum absolute atomic E-state index is 0.646. The van der Waals surface area contributed by atoms with Crippen molar-refractivity contribution in [2.45, 2.75) is 33.5 Å². The van der Waals surface area contributed by atoms with E-state index in [9.17, 15) is 0 Å². The number of hydrogen-bond acceptors (Lipinski definition) is 5. The van der Waals surface area contributed by atoms with Crippen LogP contribution in [0.3, 0.4) is 0 Å². The SMILES string of the molecule is CC(C)CNCc1cc(CN(C)Cc2cc(Br)cs2)on1. The average Bonchev–Trinajstić information content (AvgIpc) is 2.98. The van der Waals surface area contributed by atoms with Gasteiger partial charge in [-0.3, -0.25) is 4.90 Å². The van der Waals surface area contributed by atoms with Crippen LogP contribution in [0.25, 0.3) is 0 Å². The first kappa shape index (κ1) is 16.7. The minimum Gasteiger partial charge on any atom is -0.360 e. The number of nitrogens with one attached hydrogen (secondary N) is 1. The molecule has 0 saturated carbocycles. The van der Waals surface area contributed by atoms with Gasteiger partial charge in [0.25, 0.3) is 0 Å². The fourth-order valence-corrected chi connectivity index (χ4v) is 3.56. The number of nitrogens with zero attached hydrogens (tertiary/aromatic N) is 2. The second-order valence-electron chi connectivity index (χ2n) is 5.71. The van der Waals surface area contributed by atoms with Gasteiger partial charge in [-0.1, -0.05) is 19.0 Å². The van der Waals surface area contributed by atoms with Crippen LogP contribution in [0, 0.1) is 5.92 Å². The Labute approximate surface area is 138 Å². The van der Waals surface area contributed by atoms with E-state index in [0.29, 0.717) is 5.92 Å². The van der Waals surface area contributed by atoms with Crippen molar-refractivity contribution in [1.29, 1.82) is 0 Å². The zero-order chi connectivity index (χ0) is 15.2. The van der Waals surface area contributed by atoms with Crippen molar-refractivity contribution < 1.29 is 4.52 Å². The lowest BCUT2D eigenvalue weighted by Gasteiger charge is -2.12. The van der Waals surface area contributed by atoms with Gasteiger partial charge >= 0.3 is 0 Å². The van der Waals surface area contributed by atoms with Crippen molar-refractivity contribution >= 4 is 27.3 Å². The topological polar surface area (TPSA) is 41.3 Å². The van der Waals surface area contributed by atoms with Gasteiger partial charge in [0, 0.05) is 33.9 Å². The molecule has 0 saturated heterocycles. The van der Waals surface area contributed by atoms with Gasteiger partial charge in [-0.25, -0.2) is 0 Å². The maximum absolute atomic E-state index is 5.40. The zero-order valence-electron chi connectivity index (χ0n) is 12.7. The largest absolute Gasteiger partial charge is 0.360 e. The highest BCUT2D eigenvalue weighted by molar-refractivity contribution is 9.10. The van der Waals surface area contributed by atoms with E-state index in [0.717, 1.165) is 42.1 Å². The third kappa shape index (κ3) is 5.90. The molecule has 0 fully saturated rings. The molecule has 0 radical (unpaired) electrons. The Morgan fingerprint density at radius 3 is 2.86 bits per heavy atom. The molecule has 0 aliphatic heterocycles. The van der Waals surface area contributed by atoms with Gasteiger partial charge < -0.3 is 9.84 Å². The van der Waals surface area contributed by atoms with Crippen molar-refractivity contribution in [3.8, 4) is 0 Å². The second-order valence-corrected chi connectivity index (χ2v) is 7.62. The summed E-state index contributed by atoms with van der Waals surface area (Å²) in [5, 5.41) is 9.59. The van der Waals surface area contributed by atoms with E-state index < -0.39 is 0 Å². The van der Waals surface area contributed by atoms with E-state index in [1.54, 1.807) is 11.3 Å². The molecular weight excluding hydrogens is 350 g/mol. The predicted octanol–water partition coefficient (Wildman–Crippen LogP) is 3.88. The molecule has 0 atom stereocenters. The van der Waals surface area contributed by atoms with E-state index in [1.807, 2.05) is 6.07 Å². The standard InChI is InChI=1S/C15H22BrN3OS/c1-11(2)6-17-7-13-5-14(20-18-13)8-19(3)9-15-4-12(16)10-21-15/h4-5,10-11,17H,6-9H2,1-3H3.